The summed E-state index contributed by atoms with van der Waals surface area (Å²) in [6.45, 7) is 2.13. The van der Waals surface area contributed by atoms with E-state index in [2.05, 4.69) is 4.72 Å². The molecule has 7 heteroatoms. The second-order valence-electron chi connectivity index (χ2n) is 3.61. The van der Waals surface area contributed by atoms with Gasteiger partial charge in [-0.05, 0) is 24.8 Å². The fourth-order valence-electron chi connectivity index (χ4n) is 1.33. The topological polar surface area (TPSA) is 85.3 Å². The predicted molar refractivity (Wildman–Crippen MR) is 69.4 cm³/mol. The summed E-state index contributed by atoms with van der Waals surface area (Å²) in [6, 6.07) is 2.92. The third kappa shape index (κ3) is 4.02. The molecule has 0 aliphatic heterocycles. The number of hydrogen-bond acceptors (Lipinski definition) is 5. The molecule has 1 heterocycles. The van der Waals surface area contributed by atoms with Crippen molar-refractivity contribution in [2.45, 2.75) is 31.0 Å². The van der Waals surface area contributed by atoms with Gasteiger partial charge in [-0.15, -0.1) is 0 Å². The van der Waals surface area contributed by atoms with Gasteiger partial charge in [-0.2, -0.15) is 11.8 Å². The Balaban J connectivity index is 2.80. The summed E-state index contributed by atoms with van der Waals surface area (Å²) in [4.78, 5) is 0. The normalized spacial score (nSPS) is 13.8. The molecule has 3 N–H and O–H groups in total. The predicted octanol–water partition coefficient (Wildman–Crippen LogP) is 1.16. The summed E-state index contributed by atoms with van der Waals surface area (Å²) in [5.41, 5.74) is 5.37. The zero-order chi connectivity index (χ0) is 12.9. The Morgan fingerprint density at radius 3 is 2.71 bits per heavy atom. The van der Waals surface area contributed by atoms with Gasteiger partial charge in [-0.3, -0.25) is 0 Å². The van der Waals surface area contributed by atoms with E-state index in [1.165, 1.54) is 6.07 Å². The van der Waals surface area contributed by atoms with Crippen molar-refractivity contribution < 1.29 is 12.8 Å². The fourth-order valence-corrected chi connectivity index (χ4v) is 3.42. The van der Waals surface area contributed by atoms with Crippen molar-refractivity contribution in [3.8, 4) is 0 Å². The molecule has 0 aliphatic carbocycles. The van der Waals surface area contributed by atoms with Crippen LogP contribution in [0.2, 0.25) is 0 Å². The zero-order valence-electron chi connectivity index (χ0n) is 9.97. The maximum absolute atomic E-state index is 12.0. The van der Waals surface area contributed by atoms with Crippen molar-refractivity contribution in [3.05, 3.63) is 17.9 Å². The average Bonchev–Trinajstić information content (AvgIpc) is 2.77. The van der Waals surface area contributed by atoms with Crippen LogP contribution in [0.15, 0.2) is 21.6 Å². The molecule has 17 heavy (non-hydrogen) atoms. The van der Waals surface area contributed by atoms with Gasteiger partial charge < -0.3 is 10.2 Å². The highest BCUT2D eigenvalue weighted by molar-refractivity contribution is 7.98. The van der Waals surface area contributed by atoms with Crippen LogP contribution < -0.4 is 10.5 Å². The van der Waals surface area contributed by atoms with E-state index in [9.17, 15) is 8.42 Å². The molecule has 0 saturated carbocycles. The van der Waals surface area contributed by atoms with E-state index >= 15 is 0 Å². The molecule has 0 bridgehead atoms. The molecular formula is C10H18N2O3S2. The molecule has 0 spiro atoms. The SMILES string of the molecule is CCC(CSC)NS(=O)(=O)c1ccc(CN)o1. The van der Waals surface area contributed by atoms with Crippen molar-refractivity contribution in [2.24, 2.45) is 5.73 Å². The van der Waals surface area contributed by atoms with Gasteiger partial charge in [0.25, 0.3) is 10.0 Å². The van der Waals surface area contributed by atoms with Crippen molar-refractivity contribution in [1.82, 2.24) is 4.72 Å². The van der Waals surface area contributed by atoms with Crippen LogP contribution in [0, 0.1) is 0 Å². The first-order valence-electron chi connectivity index (χ1n) is 5.33. The van der Waals surface area contributed by atoms with Gasteiger partial charge in [0.05, 0.1) is 6.54 Å². The standard InChI is InChI=1S/C10H18N2O3S2/c1-3-8(7-16-2)12-17(13,14)10-5-4-9(6-11)15-10/h4-5,8,12H,3,6-7,11H2,1-2H3. The molecule has 0 amide bonds. The Bertz CT molecular complexity index is 442. The van der Waals surface area contributed by atoms with Crippen LogP contribution >= 0.6 is 11.8 Å². The lowest BCUT2D eigenvalue weighted by Crippen LogP contribution is -2.35. The monoisotopic (exact) mass is 278 g/mol. The first-order valence-corrected chi connectivity index (χ1v) is 8.21. The van der Waals surface area contributed by atoms with Gasteiger partial charge in [0.1, 0.15) is 5.76 Å². The first-order chi connectivity index (χ1) is 8.03. The second kappa shape index (κ2) is 6.44. The number of sulfonamides is 1. The summed E-state index contributed by atoms with van der Waals surface area (Å²) in [5.74, 6) is 1.20. The smallest absolute Gasteiger partial charge is 0.274 e. The molecule has 1 aromatic heterocycles. The van der Waals surface area contributed by atoms with Crippen LogP contribution in [0.5, 0.6) is 0 Å². The molecular weight excluding hydrogens is 260 g/mol. The van der Waals surface area contributed by atoms with E-state index < -0.39 is 10.0 Å². The van der Waals surface area contributed by atoms with Crippen molar-refractivity contribution in [1.29, 1.82) is 0 Å². The number of nitrogens with two attached hydrogens (primary N) is 1. The first kappa shape index (κ1) is 14.6. The Morgan fingerprint density at radius 2 is 2.24 bits per heavy atom. The van der Waals surface area contributed by atoms with Crippen LogP contribution in [0.25, 0.3) is 0 Å². The Kier molecular flexibility index (Phi) is 5.51. The molecule has 0 aliphatic rings. The largest absolute Gasteiger partial charge is 0.447 e. The highest BCUT2D eigenvalue weighted by Crippen LogP contribution is 2.15. The van der Waals surface area contributed by atoms with Crippen LogP contribution in [-0.2, 0) is 16.6 Å². The number of nitrogens with one attached hydrogen (secondary N) is 1. The minimum Gasteiger partial charge on any atom is -0.447 e. The van der Waals surface area contributed by atoms with Gasteiger partial charge in [-0.25, -0.2) is 13.1 Å². The van der Waals surface area contributed by atoms with Crippen LogP contribution in [0.4, 0.5) is 0 Å². The summed E-state index contributed by atoms with van der Waals surface area (Å²) < 4.78 is 31.7. The Morgan fingerprint density at radius 1 is 1.53 bits per heavy atom. The Labute approximate surface area is 106 Å². The van der Waals surface area contributed by atoms with E-state index in [0.29, 0.717) is 5.76 Å². The molecule has 0 fully saturated rings. The lowest BCUT2D eigenvalue weighted by Gasteiger charge is -2.14. The number of furan rings is 1. The summed E-state index contributed by atoms with van der Waals surface area (Å²) >= 11 is 1.60. The lowest BCUT2D eigenvalue weighted by atomic mass is 10.3. The van der Waals surface area contributed by atoms with E-state index in [1.54, 1.807) is 17.8 Å². The molecule has 1 aromatic rings. The molecule has 0 saturated heterocycles. The van der Waals surface area contributed by atoms with Gasteiger partial charge in [0.15, 0.2) is 0 Å². The van der Waals surface area contributed by atoms with Gasteiger partial charge in [0, 0.05) is 11.8 Å². The maximum atomic E-state index is 12.0. The van der Waals surface area contributed by atoms with Crippen molar-refractivity contribution in [2.75, 3.05) is 12.0 Å². The van der Waals surface area contributed by atoms with Gasteiger partial charge in [0.2, 0.25) is 5.09 Å². The zero-order valence-corrected chi connectivity index (χ0v) is 11.6. The minimum absolute atomic E-state index is 0.0718. The Hall–Kier alpha value is -0.500. The summed E-state index contributed by atoms with van der Waals surface area (Å²) in [6.07, 6.45) is 2.68. The highest BCUT2D eigenvalue weighted by Gasteiger charge is 2.22. The van der Waals surface area contributed by atoms with Gasteiger partial charge in [-0.1, -0.05) is 6.92 Å². The molecule has 98 valence electrons. The minimum atomic E-state index is -3.57. The molecule has 1 unspecified atom stereocenters. The molecule has 1 atom stereocenters. The van der Waals surface area contributed by atoms with Crippen LogP contribution in [0.1, 0.15) is 19.1 Å². The lowest BCUT2D eigenvalue weighted by molar-refractivity contribution is 0.410. The average molecular weight is 278 g/mol. The van der Waals surface area contributed by atoms with Crippen molar-refractivity contribution in [3.63, 3.8) is 0 Å². The number of rotatable bonds is 7. The summed E-state index contributed by atoms with van der Waals surface area (Å²) in [5, 5.41) is -0.0718. The van der Waals surface area contributed by atoms with Crippen LogP contribution in [-0.4, -0.2) is 26.5 Å². The van der Waals surface area contributed by atoms with Crippen LogP contribution in [0.3, 0.4) is 0 Å². The maximum Gasteiger partial charge on any atom is 0.274 e. The molecule has 0 radical (unpaired) electrons. The molecule has 5 nitrogen and oxygen atoms in total. The van der Waals surface area contributed by atoms with E-state index in [-0.39, 0.29) is 17.7 Å². The van der Waals surface area contributed by atoms with Crippen molar-refractivity contribution >= 4 is 21.8 Å². The highest BCUT2D eigenvalue weighted by atomic mass is 32.2. The van der Waals surface area contributed by atoms with E-state index in [0.717, 1.165) is 12.2 Å². The molecule has 1 rings (SSSR count). The van der Waals surface area contributed by atoms with E-state index in [4.69, 9.17) is 10.2 Å². The molecule has 0 aromatic carbocycles. The number of thioether (sulfide) groups is 1. The summed E-state index contributed by atoms with van der Waals surface area (Å²) in [7, 11) is -3.57. The fraction of sp³-hybridized carbons (Fsp3) is 0.600. The second-order valence-corrected chi connectivity index (χ2v) is 6.16. The van der Waals surface area contributed by atoms with Gasteiger partial charge >= 0.3 is 0 Å². The third-order valence-electron chi connectivity index (χ3n) is 2.29. The third-order valence-corrected chi connectivity index (χ3v) is 4.41. The number of hydrogen-bond donors (Lipinski definition) is 2. The van der Waals surface area contributed by atoms with E-state index in [1.807, 2.05) is 13.2 Å². The quantitative estimate of drug-likeness (QED) is 0.781.